The Morgan fingerprint density at radius 2 is 2.16 bits per heavy atom. The third-order valence-electron chi connectivity index (χ3n) is 4.79. The van der Waals surface area contributed by atoms with Crippen molar-refractivity contribution in [2.75, 3.05) is 20.1 Å². The molecule has 0 aromatic heterocycles. The lowest BCUT2D eigenvalue weighted by molar-refractivity contribution is -0.138. The molecule has 0 radical (unpaired) electrons. The summed E-state index contributed by atoms with van der Waals surface area (Å²) in [5.74, 6) is -0.206. The van der Waals surface area contributed by atoms with Crippen LogP contribution in [-0.4, -0.2) is 47.8 Å². The molecule has 1 aliphatic carbocycles. The van der Waals surface area contributed by atoms with E-state index in [9.17, 15) is 14.4 Å². The molecule has 7 nitrogen and oxygen atoms in total. The van der Waals surface area contributed by atoms with Crippen LogP contribution in [0.25, 0.3) is 0 Å². The van der Waals surface area contributed by atoms with Crippen LogP contribution in [0.1, 0.15) is 30.9 Å². The third-order valence-corrected chi connectivity index (χ3v) is 4.79. The maximum absolute atomic E-state index is 12.8. The molecular weight excluding hydrogens is 320 g/mol. The van der Waals surface area contributed by atoms with Crippen molar-refractivity contribution in [1.82, 2.24) is 15.1 Å². The van der Waals surface area contributed by atoms with E-state index in [0.29, 0.717) is 23.6 Å². The van der Waals surface area contributed by atoms with E-state index in [4.69, 9.17) is 5.26 Å². The van der Waals surface area contributed by atoms with Gasteiger partial charge in [0, 0.05) is 13.6 Å². The predicted octanol–water partition coefficient (Wildman–Crippen LogP) is 1.19. The van der Waals surface area contributed by atoms with Crippen LogP contribution in [0, 0.1) is 17.2 Å². The quantitative estimate of drug-likeness (QED) is 0.815. The van der Waals surface area contributed by atoms with E-state index in [2.05, 4.69) is 5.32 Å². The summed E-state index contributed by atoms with van der Waals surface area (Å²) in [6, 6.07) is 7.97. The van der Waals surface area contributed by atoms with Crippen molar-refractivity contribution in [3.63, 3.8) is 0 Å². The van der Waals surface area contributed by atoms with Crippen LogP contribution in [-0.2, 0) is 15.1 Å². The van der Waals surface area contributed by atoms with E-state index in [0.717, 1.165) is 17.7 Å². The highest BCUT2D eigenvalue weighted by atomic mass is 16.2. The molecule has 7 heteroatoms. The molecule has 0 bridgehead atoms. The molecule has 1 atom stereocenters. The van der Waals surface area contributed by atoms with Gasteiger partial charge < -0.3 is 10.2 Å². The monoisotopic (exact) mass is 340 g/mol. The van der Waals surface area contributed by atoms with Crippen LogP contribution < -0.4 is 5.32 Å². The number of urea groups is 1. The largest absolute Gasteiger partial charge is 0.344 e. The molecule has 1 aromatic rings. The van der Waals surface area contributed by atoms with Gasteiger partial charge in [0.05, 0.1) is 11.6 Å². The average Bonchev–Trinajstić information content (AvgIpc) is 3.38. The zero-order valence-electron chi connectivity index (χ0n) is 14.3. The van der Waals surface area contributed by atoms with Crippen LogP contribution in [0.4, 0.5) is 4.79 Å². The molecular formula is C18H20N4O3. The van der Waals surface area contributed by atoms with Crippen molar-refractivity contribution in [2.24, 2.45) is 5.92 Å². The number of nitrogens with one attached hydrogen (secondary N) is 1. The van der Waals surface area contributed by atoms with Crippen LogP contribution in [0.3, 0.4) is 0 Å². The number of rotatable bonds is 5. The molecule has 1 aromatic carbocycles. The molecule has 1 N–H and O–H groups in total. The van der Waals surface area contributed by atoms with Crippen molar-refractivity contribution >= 4 is 17.8 Å². The van der Waals surface area contributed by atoms with Gasteiger partial charge in [0.25, 0.3) is 5.91 Å². The van der Waals surface area contributed by atoms with Crippen molar-refractivity contribution in [3.8, 4) is 6.07 Å². The molecule has 1 unspecified atom stereocenters. The number of hydrogen-bond acceptors (Lipinski definition) is 4. The molecule has 3 rings (SSSR count). The Morgan fingerprint density at radius 1 is 1.44 bits per heavy atom. The molecule has 25 heavy (non-hydrogen) atoms. The summed E-state index contributed by atoms with van der Waals surface area (Å²) >= 11 is 0. The van der Waals surface area contributed by atoms with E-state index >= 15 is 0 Å². The summed E-state index contributed by atoms with van der Waals surface area (Å²) in [6.07, 6.45) is 2.24. The van der Waals surface area contributed by atoms with E-state index in [1.54, 1.807) is 43.1 Å². The van der Waals surface area contributed by atoms with Gasteiger partial charge in [-0.25, -0.2) is 4.79 Å². The molecule has 0 spiro atoms. The van der Waals surface area contributed by atoms with E-state index in [1.165, 1.54) is 0 Å². The van der Waals surface area contributed by atoms with Crippen molar-refractivity contribution in [3.05, 3.63) is 35.4 Å². The molecule has 2 fully saturated rings. The molecule has 2 aliphatic rings. The summed E-state index contributed by atoms with van der Waals surface area (Å²) in [5.41, 5.74) is -0.357. The fourth-order valence-electron chi connectivity index (χ4n) is 2.98. The minimum Gasteiger partial charge on any atom is -0.344 e. The lowest BCUT2D eigenvalue weighted by atomic mass is 9.91. The van der Waals surface area contributed by atoms with Crippen LogP contribution in [0.2, 0.25) is 0 Å². The topological polar surface area (TPSA) is 93.5 Å². The molecule has 1 saturated heterocycles. The standard InChI is InChI=1S/C18H20N4O3/c1-18(14-5-3-4-13(8-14)9-19)16(24)22(17(25)20-18)11-15(23)21(2)10-12-6-7-12/h3-5,8,12H,6-7,10-11H2,1-2H3,(H,20,25). The lowest BCUT2D eigenvalue weighted by Gasteiger charge is -2.23. The van der Waals surface area contributed by atoms with Gasteiger partial charge in [0.15, 0.2) is 0 Å². The maximum Gasteiger partial charge on any atom is 0.325 e. The Labute approximate surface area is 146 Å². The Bertz CT molecular complexity index is 781. The van der Waals surface area contributed by atoms with Crippen LogP contribution >= 0.6 is 0 Å². The summed E-state index contributed by atoms with van der Waals surface area (Å²) < 4.78 is 0. The highest BCUT2D eigenvalue weighted by Crippen LogP contribution is 2.30. The number of hydrogen-bond donors (Lipinski definition) is 1. The first-order valence-electron chi connectivity index (χ1n) is 8.24. The molecule has 130 valence electrons. The second-order valence-corrected chi connectivity index (χ2v) is 6.86. The first-order chi connectivity index (χ1) is 11.8. The summed E-state index contributed by atoms with van der Waals surface area (Å²) in [7, 11) is 1.69. The Morgan fingerprint density at radius 3 is 2.80 bits per heavy atom. The third kappa shape index (κ3) is 3.20. The van der Waals surface area contributed by atoms with Gasteiger partial charge in [0.1, 0.15) is 12.1 Å². The van der Waals surface area contributed by atoms with E-state index < -0.39 is 17.5 Å². The van der Waals surface area contributed by atoms with Crippen molar-refractivity contribution < 1.29 is 14.4 Å². The minimum atomic E-state index is -1.28. The first-order valence-corrected chi connectivity index (χ1v) is 8.24. The normalized spacial score (nSPS) is 22.5. The molecule has 1 aliphatic heterocycles. The zero-order valence-corrected chi connectivity index (χ0v) is 14.3. The fourth-order valence-corrected chi connectivity index (χ4v) is 2.98. The molecule has 4 amide bonds. The average molecular weight is 340 g/mol. The van der Waals surface area contributed by atoms with Gasteiger partial charge in [-0.15, -0.1) is 0 Å². The number of imide groups is 1. The SMILES string of the molecule is CN(CC1CC1)C(=O)CN1C(=O)NC(C)(c2cccc(C#N)c2)C1=O. The van der Waals surface area contributed by atoms with Gasteiger partial charge in [-0.2, -0.15) is 5.26 Å². The first kappa shape index (κ1) is 17.0. The van der Waals surface area contributed by atoms with Gasteiger partial charge in [-0.05, 0) is 43.4 Å². The number of benzene rings is 1. The number of carbonyl (C=O) groups excluding carboxylic acids is 3. The van der Waals surface area contributed by atoms with Crippen molar-refractivity contribution in [1.29, 1.82) is 5.26 Å². The molecule has 1 saturated carbocycles. The highest BCUT2D eigenvalue weighted by Gasteiger charge is 2.49. The van der Waals surface area contributed by atoms with Gasteiger partial charge in [-0.3, -0.25) is 14.5 Å². The Balaban J connectivity index is 1.77. The van der Waals surface area contributed by atoms with Gasteiger partial charge >= 0.3 is 6.03 Å². The van der Waals surface area contributed by atoms with Crippen LogP contribution in [0.15, 0.2) is 24.3 Å². The lowest BCUT2D eigenvalue weighted by Crippen LogP contribution is -2.44. The number of nitrogens with zero attached hydrogens (tertiary/aromatic N) is 3. The summed E-state index contributed by atoms with van der Waals surface area (Å²) in [6.45, 7) is 1.97. The zero-order chi connectivity index (χ0) is 18.2. The summed E-state index contributed by atoms with van der Waals surface area (Å²) in [4.78, 5) is 39.9. The van der Waals surface area contributed by atoms with Crippen LogP contribution in [0.5, 0.6) is 0 Å². The smallest absolute Gasteiger partial charge is 0.325 e. The second-order valence-electron chi connectivity index (χ2n) is 6.86. The number of amides is 4. The Kier molecular flexibility index (Phi) is 4.21. The van der Waals surface area contributed by atoms with Gasteiger partial charge in [-0.1, -0.05) is 12.1 Å². The van der Waals surface area contributed by atoms with Crippen molar-refractivity contribution in [2.45, 2.75) is 25.3 Å². The number of carbonyl (C=O) groups is 3. The summed E-state index contributed by atoms with van der Waals surface area (Å²) in [5, 5.41) is 11.7. The fraction of sp³-hybridized carbons (Fsp3) is 0.444. The molecule has 1 heterocycles. The predicted molar refractivity (Wildman–Crippen MR) is 89.1 cm³/mol. The number of likely N-dealkylation sites (N-methyl/N-ethyl adjacent to an activating group) is 1. The highest BCUT2D eigenvalue weighted by molar-refractivity contribution is 6.09. The number of nitriles is 1. The second kappa shape index (κ2) is 6.20. The van der Waals surface area contributed by atoms with Gasteiger partial charge in [0.2, 0.25) is 5.91 Å². The van der Waals surface area contributed by atoms with E-state index in [-0.39, 0.29) is 12.5 Å². The minimum absolute atomic E-state index is 0.259. The Hall–Kier alpha value is -2.88. The van der Waals surface area contributed by atoms with E-state index in [1.807, 2.05) is 6.07 Å². The maximum atomic E-state index is 12.8.